The molecule has 3 N–H and O–H groups in total. The standard InChI is InChI=1S/C72H112F8N12O13/c1-15-41(5)59-67(102)86(10)40-57(95)88(12)51-23-20-19-21-32-91(66(51)101)54(35-43-24-27-46(28-25-43)71(75,76)77)65(100)85(9)39-55(93)81-50(29-26-44-33-48(73)58(49(74)34-44)72(78,79)80)63(98)92-38-47(105-18-4)36-52(92)62(97)83-70(30-22-31-70)69(104)90(14)60(45(16-2)17-3)68(103)89(13)53(64(99)84(7)8)37-56(94)87(11)42(6)61(96)82-59/h19-20,41-54,58-60H,15-18,21-40H2,1-14H3,(H,81,93)(H,82,96)(H,83,97)/b20-19-/t41-,42-,43?,44?,46?,47+,48?,49?,50-,51-,52-,53-,54-,58?,59-,60-/m0/s1. The fraction of sp³-hybridized carbons (Fsp3) is 0.806. The van der Waals surface area contributed by atoms with Crippen LogP contribution in [0.4, 0.5) is 35.1 Å². The third-order valence-electron chi connectivity index (χ3n) is 23.1. The Morgan fingerprint density at radius 1 is 0.657 bits per heavy atom. The summed E-state index contributed by atoms with van der Waals surface area (Å²) in [4.78, 5) is 189. The van der Waals surface area contributed by atoms with E-state index in [4.69, 9.17) is 4.74 Å². The van der Waals surface area contributed by atoms with E-state index in [1.54, 1.807) is 46.8 Å². The van der Waals surface area contributed by atoms with Crippen LogP contribution in [0.25, 0.3) is 0 Å². The van der Waals surface area contributed by atoms with Gasteiger partial charge in [-0.15, -0.1) is 0 Å². The van der Waals surface area contributed by atoms with Crippen LogP contribution in [0.2, 0.25) is 0 Å². The van der Waals surface area contributed by atoms with Crippen molar-refractivity contribution >= 4 is 70.9 Å². The Kier molecular flexibility index (Phi) is 30.6. The molecule has 3 aliphatic heterocycles. The second-order valence-electron chi connectivity index (χ2n) is 30.2. The highest BCUT2D eigenvalue weighted by atomic mass is 19.4. The third kappa shape index (κ3) is 20.9. The number of carbonyl (C=O) groups excluding carboxylic acids is 12. The molecule has 2 bridgehead atoms. The van der Waals surface area contributed by atoms with E-state index in [0.717, 1.165) is 29.4 Å². The van der Waals surface area contributed by atoms with Gasteiger partial charge in [-0.3, -0.25) is 57.5 Å². The molecule has 25 nitrogen and oxygen atoms in total. The highest BCUT2D eigenvalue weighted by Gasteiger charge is 2.56. The Bertz CT molecular complexity index is 3120. The SMILES string of the molecule is CCO[C@@H]1C[C@H]2C(=O)NC3(CCC3)C(=O)N(C)[C@@H](C(CC)CC)C(=O)N(C)[C@H](C(=O)N(C)C)CC(=O)N(C)[C@@H](C)C(=O)N[C@@H]([C@@H](C)CC)C(=O)N(C)CC(=O)N(C)[C@H]3C/C=C\CCN(C3=O)[C@@H](CC3CCC(C(F)(F)F)CC3)C(=O)N(C)CC(=O)N[C@@H](CCC3CC(F)C(C(F)(F)F)C(F)C3)C(=O)N2C1. The number of nitrogens with zero attached hydrogens (tertiary/aromatic N) is 9. The highest BCUT2D eigenvalue weighted by molar-refractivity contribution is 6.01. The van der Waals surface area contributed by atoms with Gasteiger partial charge in [-0.2, -0.15) is 26.3 Å². The molecule has 3 aliphatic carbocycles. The van der Waals surface area contributed by atoms with E-state index in [1.165, 1.54) is 78.0 Å². The van der Waals surface area contributed by atoms with Crippen molar-refractivity contribution in [3.63, 3.8) is 0 Å². The topological polar surface area (TPSA) is 279 Å². The third-order valence-corrected chi connectivity index (χ3v) is 23.1. The summed E-state index contributed by atoms with van der Waals surface area (Å²) in [5.74, 6) is -17.2. The molecule has 5 fully saturated rings. The smallest absolute Gasteiger partial charge is 0.377 e. The van der Waals surface area contributed by atoms with Crippen molar-refractivity contribution in [3.8, 4) is 0 Å². The first-order chi connectivity index (χ1) is 49.1. The number of hydrogen-bond acceptors (Lipinski definition) is 13. The maximum atomic E-state index is 15.5. The van der Waals surface area contributed by atoms with Crippen LogP contribution in [0.1, 0.15) is 164 Å². The number of hydrogen-bond donors (Lipinski definition) is 3. The van der Waals surface area contributed by atoms with Crippen LogP contribution in [0.5, 0.6) is 0 Å². The summed E-state index contributed by atoms with van der Waals surface area (Å²) in [7, 11) is 10.6. The molecule has 1 spiro atoms. The number of likely N-dealkylation sites (N-methyl/N-ethyl adjacent to an activating group) is 7. The van der Waals surface area contributed by atoms with Gasteiger partial charge in [0.25, 0.3) is 0 Å². The molecule has 594 valence electrons. The summed E-state index contributed by atoms with van der Waals surface area (Å²) < 4.78 is 121. The van der Waals surface area contributed by atoms with Crippen LogP contribution in [0.3, 0.4) is 0 Å². The van der Waals surface area contributed by atoms with Gasteiger partial charge in [0.1, 0.15) is 72.1 Å². The van der Waals surface area contributed by atoms with E-state index in [2.05, 4.69) is 16.0 Å². The van der Waals surface area contributed by atoms with Crippen LogP contribution in [0.15, 0.2) is 12.2 Å². The zero-order valence-electron chi connectivity index (χ0n) is 63.3. The van der Waals surface area contributed by atoms with E-state index in [0.29, 0.717) is 25.7 Å². The number of nitrogens with one attached hydrogen (secondary N) is 3. The normalized spacial score (nSPS) is 31.6. The quantitative estimate of drug-likeness (QED) is 0.150. The molecule has 105 heavy (non-hydrogen) atoms. The van der Waals surface area contributed by atoms with Gasteiger partial charge in [-0.1, -0.05) is 59.1 Å². The van der Waals surface area contributed by atoms with Gasteiger partial charge in [0, 0.05) is 82.5 Å². The van der Waals surface area contributed by atoms with Gasteiger partial charge in [-0.05, 0) is 127 Å². The zero-order chi connectivity index (χ0) is 78.7. The highest BCUT2D eigenvalue weighted by Crippen LogP contribution is 2.45. The van der Waals surface area contributed by atoms with E-state index in [9.17, 15) is 55.1 Å². The molecule has 2 saturated heterocycles. The molecule has 2 unspecified atom stereocenters. The minimum atomic E-state index is -5.22. The monoisotopic (exact) mass is 1500 g/mol. The lowest BCUT2D eigenvalue weighted by Crippen LogP contribution is -2.68. The molecule has 0 radical (unpaired) electrons. The number of carbonyl (C=O) groups is 12. The second-order valence-corrected chi connectivity index (χ2v) is 30.2. The fourth-order valence-electron chi connectivity index (χ4n) is 15.8. The Balaban J connectivity index is 1.47. The van der Waals surface area contributed by atoms with Gasteiger partial charge in [-0.25, -0.2) is 8.78 Å². The van der Waals surface area contributed by atoms with E-state index in [1.807, 2.05) is 0 Å². The fourth-order valence-corrected chi connectivity index (χ4v) is 15.8. The average molecular weight is 1510 g/mol. The molecule has 6 aliphatic rings. The molecule has 12 amide bonds. The van der Waals surface area contributed by atoms with Crippen molar-refractivity contribution in [3.05, 3.63) is 12.2 Å². The Morgan fingerprint density at radius 2 is 1.27 bits per heavy atom. The summed E-state index contributed by atoms with van der Waals surface area (Å²) in [5.41, 5.74) is -1.71. The predicted octanol–water partition coefficient (Wildman–Crippen LogP) is 5.57. The zero-order valence-corrected chi connectivity index (χ0v) is 63.3. The number of fused-ring (bicyclic) bond motifs is 3. The maximum absolute atomic E-state index is 15.5. The van der Waals surface area contributed by atoms with Crippen LogP contribution < -0.4 is 16.0 Å². The molecule has 0 aromatic carbocycles. The number of ether oxygens (including phenoxy) is 1. The lowest BCUT2D eigenvalue weighted by atomic mass is 9.74. The molecule has 12 atom stereocenters. The lowest BCUT2D eigenvalue weighted by molar-refractivity contribution is -0.219. The minimum Gasteiger partial charge on any atom is -0.377 e. The van der Waals surface area contributed by atoms with Gasteiger partial charge in [0.15, 0.2) is 0 Å². The minimum absolute atomic E-state index is 0.00661. The second kappa shape index (κ2) is 37.1. The molecular weight excluding hydrogens is 1390 g/mol. The first kappa shape index (κ1) is 86.7. The van der Waals surface area contributed by atoms with Crippen molar-refractivity contribution in [2.24, 2.45) is 35.5 Å². The lowest BCUT2D eigenvalue weighted by Gasteiger charge is -2.47. The number of halogens is 8. The largest absolute Gasteiger partial charge is 0.397 e. The first-order valence-corrected chi connectivity index (χ1v) is 37.1. The molecule has 6 rings (SSSR count). The van der Waals surface area contributed by atoms with Crippen molar-refractivity contribution in [2.75, 3.05) is 89.2 Å². The van der Waals surface area contributed by atoms with Crippen LogP contribution in [0, 0.1) is 35.5 Å². The van der Waals surface area contributed by atoms with Crippen LogP contribution in [-0.2, 0) is 62.3 Å². The molecule has 0 aromatic rings. The van der Waals surface area contributed by atoms with E-state index < -0.39 is 230 Å². The van der Waals surface area contributed by atoms with Gasteiger partial charge in [0.05, 0.1) is 31.5 Å². The van der Waals surface area contributed by atoms with Crippen molar-refractivity contribution in [1.82, 2.24) is 60.0 Å². The Hall–Kier alpha value is -7.22. The van der Waals surface area contributed by atoms with E-state index in [-0.39, 0.29) is 90.3 Å². The van der Waals surface area contributed by atoms with Gasteiger partial charge in [0.2, 0.25) is 70.9 Å². The number of rotatable bonds is 13. The number of alkyl halides is 8. The Labute approximate surface area is 611 Å². The summed E-state index contributed by atoms with van der Waals surface area (Å²) >= 11 is 0. The maximum Gasteiger partial charge on any atom is 0.397 e. The van der Waals surface area contributed by atoms with E-state index >= 15 is 37.5 Å². The number of amides is 12. The first-order valence-electron chi connectivity index (χ1n) is 37.1. The predicted molar refractivity (Wildman–Crippen MR) is 369 cm³/mol. The molecule has 3 saturated carbocycles. The molecular formula is C72H112F8N12O13. The summed E-state index contributed by atoms with van der Waals surface area (Å²) in [5, 5.41) is 8.25. The van der Waals surface area contributed by atoms with Crippen LogP contribution >= 0.6 is 0 Å². The summed E-state index contributed by atoms with van der Waals surface area (Å²) in [6.07, 6.45) is -15.1. The van der Waals surface area contributed by atoms with Crippen molar-refractivity contribution in [1.29, 1.82) is 0 Å². The van der Waals surface area contributed by atoms with Crippen molar-refractivity contribution in [2.45, 2.75) is 248 Å². The van der Waals surface area contributed by atoms with Gasteiger partial charge < -0.3 is 64.8 Å². The molecule has 3 heterocycles. The summed E-state index contributed by atoms with van der Waals surface area (Å²) in [6.45, 7) is 8.14. The summed E-state index contributed by atoms with van der Waals surface area (Å²) in [6, 6.07) is -11.5. The van der Waals surface area contributed by atoms with Crippen molar-refractivity contribution < 1.29 is 97.4 Å². The molecule has 33 heteroatoms. The van der Waals surface area contributed by atoms with Crippen LogP contribution in [-0.4, -0.2) is 289 Å². The Morgan fingerprint density at radius 3 is 1.81 bits per heavy atom. The molecule has 0 aromatic heterocycles. The average Bonchev–Trinajstić information content (AvgIpc) is 1.67. The van der Waals surface area contributed by atoms with Gasteiger partial charge >= 0.3 is 12.4 Å².